The van der Waals surface area contributed by atoms with Gasteiger partial charge in [0.1, 0.15) is 5.69 Å². The number of aliphatic imine (C=N–C) groups is 1. The van der Waals surface area contributed by atoms with Gasteiger partial charge in [-0.1, -0.05) is 0 Å². The van der Waals surface area contributed by atoms with Crippen LogP contribution in [0.25, 0.3) is 0 Å². The highest BCUT2D eigenvalue weighted by molar-refractivity contribution is 14.1. The fourth-order valence-electron chi connectivity index (χ4n) is 1.13. The molecule has 3 nitrogen and oxygen atoms in total. The Hall–Kier alpha value is -0.530. The third-order valence-electron chi connectivity index (χ3n) is 1.78. The highest BCUT2D eigenvalue weighted by atomic mass is 127. The molecule has 1 aliphatic rings. The molecule has 5 heteroatoms. The van der Waals surface area contributed by atoms with Gasteiger partial charge in [0.05, 0.1) is 5.87 Å². The average molecular weight is 422 g/mol. The molecule has 0 bridgehead atoms. The van der Waals surface area contributed by atoms with Crippen molar-refractivity contribution in [2.24, 2.45) is 4.99 Å². The lowest BCUT2D eigenvalue weighted by atomic mass is 10.2. The molecule has 0 saturated heterocycles. The van der Waals surface area contributed by atoms with Crippen LogP contribution in [0.1, 0.15) is 5.69 Å². The van der Waals surface area contributed by atoms with Gasteiger partial charge in [-0.2, -0.15) is 0 Å². The molecule has 0 aliphatic carbocycles. The van der Waals surface area contributed by atoms with E-state index in [0.29, 0.717) is 0 Å². The summed E-state index contributed by atoms with van der Waals surface area (Å²) in [7, 11) is 0. The molecule has 0 aromatic carbocycles. The van der Waals surface area contributed by atoms with E-state index >= 15 is 0 Å². The van der Waals surface area contributed by atoms with Gasteiger partial charge in [-0.15, -0.1) is 2.79 Å². The molecule has 1 aliphatic heterocycles. The average Bonchev–Trinajstić information content (AvgIpc) is 2.44. The number of nitrogens with zero attached hydrogens (tertiary/aromatic N) is 3. The van der Waals surface area contributed by atoms with Crippen molar-refractivity contribution in [3.05, 3.63) is 46.1 Å². The lowest BCUT2D eigenvalue weighted by Crippen LogP contribution is -2.10. The van der Waals surface area contributed by atoms with Crippen LogP contribution in [0.4, 0.5) is 0 Å². The molecule has 0 N–H and O–H groups in total. The van der Waals surface area contributed by atoms with E-state index in [-0.39, 0.29) is 0 Å². The van der Waals surface area contributed by atoms with E-state index in [0.717, 1.165) is 15.0 Å². The molecule has 15 heavy (non-hydrogen) atoms. The lowest BCUT2D eigenvalue weighted by molar-refractivity contribution is -0.195. The van der Waals surface area contributed by atoms with Gasteiger partial charge in [0.15, 0.2) is 0 Å². The van der Waals surface area contributed by atoms with Crippen molar-refractivity contribution in [3.63, 3.8) is 0 Å². The maximum absolute atomic E-state index is 4.36. The summed E-state index contributed by atoms with van der Waals surface area (Å²) < 4.78 is 3.04. The Morgan fingerprint density at radius 3 is 3.07 bits per heavy atom. The highest BCUT2D eigenvalue weighted by Crippen LogP contribution is 2.12. The van der Waals surface area contributed by atoms with E-state index in [1.54, 1.807) is 18.6 Å². The largest absolute Gasteiger partial charge is 0.355 e. The minimum atomic E-state index is 0.957. The molecule has 0 unspecified atom stereocenters. The van der Waals surface area contributed by atoms with Crippen LogP contribution in [-0.2, 0) is 0 Å². The Bertz CT molecular complexity index is 511. The molecule has 0 radical (unpaired) electrons. The SMILES string of the molecule is Ic1cccnc1C1=[N+](I)C=C=NC=C1. The van der Waals surface area contributed by atoms with Crippen LogP contribution in [0.3, 0.4) is 0 Å². The highest BCUT2D eigenvalue weighted by Gasteiger charge is 2.16. The first-order chi connectivity index (χ1) is 7.29. The molecule has 1 aromatic heterocycles. The third kappa shape index (κ3) is 2.53. The second-order valence-corrected chi connectivity index (χ2v) is 4.93. The summed E-state index contributed by atoms with van der Waals surface area (Å²) in [6.45, 7) is 0. The first-order valence-corrected chi connectivity index (χ1v) is 6.21. The maximum Gasteiger partial charge on any atom is 0.355 e. The van der Waals surface area contributed by atoms with Gasteiger partial charge in [0, 0.05) is 22.0 Å². The molecule has 2 heterocycles. The number of aromatic nitrogens is 1. The van der Waals surface area contributed by atoms with E-state index in [1.165, 1.54) is 0 Å². The Balaban J connectivity index is 2.57. The van der Waals surface area contributed by atoms with Gasteiger partial charge >= 0.3 is 22.9 Å². The van der Waals surface area contributed by atoms with E-state index in [1.807, 2.05) is 21.0 Å². The smallest absolute Gasteiger partial charge is 0.249 e. The Morgan fingerprint density at radius 2 is 2.27 bits per heavy atom. The van der Waals surface area contributed by atoms with Crippen LogP contribution in [0.2, 0.25) is 0 Å². The monoisotopic (exact) mass is 422 g/mol. The van der Waals surface area contributed by atoms with Crippen molar-refractivity contribution in [1.82, 2.24) is 4.98 Å². The van der Waals surface area contributed by atoms with E-state index in [2.05, 4.69) is 61.3 Å². The van der Waals surface area contributed by atoms with Crippen LogP contribution in [0.5, 0.6) is 0 Å². The molecule has 0 fully saturated rings. The van der Waals surface area contributed by atoms with Crippen molar-refractivity contribution < 1.29 is 2.79 Å². The second-order valence-electron chi connectivity index (χ2n) is 2.73. The summed E-state index contributed by atoms with van der Waals surface area (Å²) in [5.74, 6) is 2.80. The number of allylic oxidation sites excluding steroid dienone is 1. The minimum Gasteiger partial charge on any atom is -0.249 e. The van der Waals surface area contributed by atoms with Crippen LogP contribution in [0.15, 0.2) is 41.8 Å². The van der Waals surface area contributed by atoms with Crippen molar-refractivity contribution in [2.75, 3.05) is 0 Å². The lowest BCUT2D eigenvalue weighted by Gasteiger charge is -1.98. The molecule has 2 rings (SSSR count). The number of hydrogen-bond acceptors (Lipinski definition) is 2. The number of halogens is 2. The maximum atomic E-state index is 4.36. The molecule has 0 saturated carbocycles. The summed E-state index contributed by atoms with van der Waals surface area (Å²) in [6, 6.07) is 3.96. The van der Waals surface area contributed by atoms with Gasteiger partial charge in [0.2, 0.25) is 11.9 Å². The van der Waals surface area contributed by atoms with Gasteiger partial charge < -0.3 is 0 Å². The normalized spacial score (nSPS) is 14.5. The van der Waals surface area contributed by atoms with Gasteiger partial charge in [0.25, 0.3) is 0 Å². The first kappa shape index (κ1) is 11.0. The molecule has 0 atom stereocenters. The van der Waals surface area contributed by atoms with E-state index in [9.17, 15) is 0 Å². The second kappa shape index (κ2) is 5.00. The van der Waals surface area contributed by atoms with E-state index < -0.39 is 0 Å². The van der Waals surface area contributed by atoms with Crippen molar-refractivity contribution in [3.8, 4) is 0 Å². The number of rotatable bonds is 1. The van der Waals surface area contributed by atoms with Crippen molar-refractivity contribution in [1.29, 1.82) is 0 Å². The molecule has 0 amide bonds. The third-order valence-corrected chi connectivity index (χ3v) is 3.45. The number of hydrogen-bond donors (Lipinski definition) is 0. The van der Waals surface area contributed by atoms with Gasteiger partial charge in [-0.05, 0) is 34.7 Å². The molecular formula is C10H6I2N3+. The van der Waals surface area contributed by atoms with Crippen LogP contribution in [0, 0.1) is 3.57 Å². The zero-order chi connectivity index (χ0) is 10.7. The van der Waals surface area contributed by atoms with Crippen LogP contribution < -0.4 is 0 Å². The summed E-state index contributed by atoms with van der Waals surface area (Å²) in [5.41, 5.74) is 1.97. The molecular weight excluding hydrogens is 416 g/mol. The minimum absolute atomic E-state index is 0.957. The van der Waals surface area contributed by atoms with E-state index in [4.69, 9.17) is 0 Å². The zero-order valence-corrected chi connectivity index (χ0v) is 11.9. The quantitative estimate of drug-likeness (QED) is 0.506. The standard InChI is InChI=1S/C10H6I2N3/c11-8-2-1-4-14-10(8)9-3-5-13-6-7-15(9)12/h1-5,7H/q+1. The van der Waals surface area contributed by atoms with Crippen molar-refractivity contribution in [2.45, 2.75) is 0 Å². The van der Waals surface area contributed by atoms with Crippen LogP contribution >= 0.6 is 45.5 Å². The van der Waals surface area contributed by atoms with Crippen molar-refractivity contribution >= 4 is 57.0 Å². The van der Waals surface area contributed by atoms with Crippen LogP contribution in [-0.4, -0.2) is 19.4 Å². The Kier molecular flexibility index (Phi) is 3.66. The summed E-state index contributed by atoms with van der Waals surface area (Å²) >= 11 is 4.46. The van der Waals surface area contributed by atoms with Gasteiger partial charge in [-0.3, -0.25) is 0 Å². The van der Waals surface area contributed by atoms with Gasteiger partial charge in [-0.25, -0.2) is 9.98 Å². The zero-order valence-electron chi connectivity index (χ0n) is 7.56. The molecule has 0 spiro atoms. The Labute approximate surface area is 115 Å². The predicted octanol–water partition coefficient (Wildman–Crippen LogP) is 2.55. The predicted molar refractivity (Wildman–Crippen MR) is 76.5 cm³/mol. The molecule has 1 aromatic rings. The summed E-state index contributed by atoms with van der Waals surface area (Å²) in [5, 5.41) is 0. The fourth-order valence-corrected chi connectivity index (χ4v) is 2.27. The topological polar surface area (TPSA) is 28.3 Å². The Morgan fingerprint density at radius 1 is 1.40 bits per heavy atom. The molecule has 74 valence electrons. The summed E-state index contributed by atoms with van der Waals surface area (Å²) in [4.78, 5) is 8.31. The number of pyridine rings is 1. The summed E-state index contributed by atoms with van der Waals surface area (Å²) in [6.07, 6.45) is 7.21. The fraction of sp³-hybridized carbons (Fsp3) is 0. The first-order valence-electron chi connectivity index (χ1n) is 4.17.